The van der Waals surface area contributed by atoms with Crippen molar-refractivity contribution in [1.29, 1.82) is 5.26 Å². The van der Waals surface area contributed by atoms with Gasteiger partial charge in [0.25, 0.3) is 0 Å². The maximum absolute atomic E-state index is 15.0. The van der Waals surface area contributed by atoms with Gasteiger partial charge >= 0.3 is 0 Å². The Labute approximate surface area is 185 Å². The Kier molecular flexibility index (Phi) is 5.88. The van der Waals surface area contributed by atoms with Crippen LogP contribution in [0.1, 0.15) is 80.2 Å². The number of nitrogens with zero attached hydrogens (tertiary/aromatic N) is 2. The van der Waals surface area contributed by atoms with Gasteiger partial charge in [-0.3, -0.25) is 4.98 Å². The summed E-state index contributed by atoms with van der Waals surface area (Å²) in [4.78, 5) is 4.16. The SMILES string of the molecule is Cc1cc2c(cc1C#N)/C(c1cncc(N)c1F)=C\CC(C1CCC(C)(C)CC1)CC2. The summed E-state index contributed by atoms with van der Waals surface area (Å²) in [6, 6.07) is 6.32. The molecular formula is C27H32FN3. The molecule has 2 aromatic rings. The number of benzene rings is 1. The van der Waals surface area contributed by atoms with E-state index in [-0.39, 0.29) is 5.69 Å². The Bertz CT molecular complexity index is 1050. The fourth-order valence-corrected chi connectivity index (χ4v) is 5.41. The number of halogens is 1. The average Bonchev–Trinajstić information content (AvgIpc) is 2.72. The summed E-state index contributed by atoms with van der Waals surface area (Å²) in [6.45, 7) is 6.73. The minimum Gasteiger partial charge on any atom is -0.395 e. The molecule has 4 heteroatoms. The fraction of sp³-hybridized carbons (Fsp3) is 0.481. The minimum atomic E-state index is -0.428. The highest BCUT2D eigenvalue weighted by molar-refractivity contribution is 5.83. The van der Waals surface area contributed by atoms with Crippen LogP contribution in [0.2, 0.25) is 0 Å². The first-order valence-electron chi connectivity index (χ1n) is 11.4. The van der Waals surface area contributed by atoms with Crippen LogP contribution < -0.4 is 5.73 Å². The molecule has 3 nitrogen and oxygen atoms in total. The third kappa shape index (κ3) is 4.37. The predicted molar refractivity (Wildman–Crippen MR) is 124 cm³/mol. The molecule has 0 radical (unpaired) electrons. The molecule has 4 rings (SSSR count). The van der Waals surface area contributed by atoms with Crippen molar-refractivity contribution in [2.75, 3.05) is 5.73 Å². The van der Waals surface area contributed by atoms with E-state index in [1.807, 2.05) is 13.0 Å². The van der Waals surface area contributed by atoms with Gasteiger partial charge in [-0.1, -0.05) is 26.0 Å². The third-order valence-electron chi connectivity index (χ3n) is 7.52. The number of rotatable bonds is 2. The van der Waals surface area contributed by atoms with Gasteiger partial charge in [0.05, 0.1) is 23.5 Å². The second-order valence-electron chi connectivity index (χ2n) is 10.2. The molecule has 0 saturated heterocycles. The van der Waals surface area contributed by atoms with Gasteiger partial charge in [-0.2, -0.15) is 5.26 Å². The van der Waals surface area contributed by atoms with Crippen LogP contribution >= 0.6 is 0 Å². The van der Waals surface area contributed by atoms with Crippen LogP contribution in [0.15, 0.2) is 30.6 Å². The van der Waals surface area contributed by atoms with Gasteiger partial charge in [-0.05, 0) is 97.5 Å². The fourth-order valence-electron chi connectivity index (χ4n) is 5.41. The molecule has 1 heterocycles. The zero-order valence-corrected chi connectivity index (χ0v) is 18.8. The zero-order valence-electron chi connectivity index (χ0n) is 18.8. The van der Waals surface area contributed by atoms with Gasteiger partial charge < -0.3 is 5.73 Å². The predicted octanol–water partition coefficient (Wildman–Crippen LogP) is 6.58. The van der Waals surface area contributed by atoms with E-state index in [4.69, 9.17) is 5.73 Å². The lowest BCUT2D eigenvalue weighted by atomic mass is 9.67. The Morgan fingerprint density at radius 1 is 1.10 bits per heavy atom. The van der Waals surface area contributed by atoms with Crippen molar-refractivity contribution in [3.63, 3.8) is 0 Å². The molecule has 1 unspecified atom stereocenters. The molecule has 2 aliphatic rings. The second-order valence-corrected chi connectivity index (χ2v) is 10.2. The summed E-state index contributed by atoms with van der Waals surface area (Å²) in [5.41, 5.74) is 11.3. The highest BCUT2D eigenvalue weighted by Crippen LogP contribution is 2.44. The number of aromatic nitrogens is 1. The van der Waals surface area contributed by atoms with E-state index in [0.29, 0.717) is 22.5 Å². The lowest BCUT2D eigenvalue weighted by Crippen LogP contribution is -2.26. The summed E-state index contributed by atoms with van der Waals surface area (Å²) in [6.07, 6.45) is 13.2. The Morgan fingerprint density at radius 3 is 2.55 bits per heavy atom. The molecular weight excluding hydrogens is 385 g/mol. The molecule has 1 aromatic carbocycles. The molecule has 1 fully saturated rings. The van der Waals surface area contributed by atoms with Crippen LogP contribution in [0, 0.1) is 41.3 Å². The number of nitriles is 1. The number of nitrogens with two attached hydrogens (primary N) is 1. The molecule has 0 aliphatic heterocycles. The number of nitrogen functional groups attached to an aromatic ring is 1. The van der Waals surface area contributed by atoms with Crippen LogP contribution in [0.5, 0.6) is 0 Å². The second kappa shape index (κ2) is 8.46. The van der Waals surface area contributed by atoms with Gasteiger partial charge in [0.1, 0.15) is 0 Å². The number of hydrogen-bond donors (Lipinski definition) is 1. The maximum Gasteiger partial charge on any atom is 0.157 e. The molecule has 2 N–H and O–H groups in total. The normalized spacial score (nSPS) is 23.1. The highest BCUT2D eigenvalue weighted by Gasteiger charge is 2.32. The van der Waals surface area contributed by atoms with Gasteiger partial charge in [0.2, 0.25) is 0 Å². The summed E-state index contributed by atoms with van der Waals surface area (Å²) in [5.74, 6) is 0.880. The van der Waals surface area contributed by atoms with Gasteiger partial charge in [-0.15, -0.1) is 0 Å². The molecule has 2 aliphatic carbocycles. The van der Waals surface area contributed by atoms with E-state index >= 15 is 4.39 Å². The molecule has 0 amide bonds. The molecule has 0 spiro atoms. The van der Waals surface area contributed by atoms with Crippen molar-refractivity contribution in [2.24, 2.45) is 17.3 Å². The molecule has 0 bridgehead atoms. The summed E-state index contributed by atoms with van der Waals surface area (Å²) in [5, 5.41) is 9.58. The number of fused-ring (bicyclic) bond motifs is 1. The van der Waals surface area contributed by atoms with Crippen LogP contribution in [0.3, 0.4) is 0 Å². The summed E-state index contributed by atoms with van der Waals surface area (Å²) < 4.78 is 15.0. The first-order valence-corrected chi connectivity index (χ1v) is 11.4. The van der Waals surface area contributed by atoms with Crippen molar-refractivity contribution in [1.82, 2.24) is 4.98 Å². The third-order valence-corrected chi connectivity index (χ3v) is 7.52. The van der Waals surface area contributed by atoms with Crippen molar-refractivity contribution in [3.05, 3.63) is 64.2 Å². The number of pyridine rings is 1. The van der Waals surface area contributed by atoms with E-state index in [2.05, 4.69) is 37.0 Å². The van der Waals surface area contributed by atoms with Crippen molar-refractivity contribution in [2.45, 2.75) is 65.7 Å². The number of allylic oxidation sites excluding steroid dienone is 1. The monoisotopic (exact) mass is 417 g/mol. The first kappa shape index (κ1) is 21.6. The van der Waals surface area contributed by atoms with E-state index in [1.54, 1.807) is 6.20 Å². The quantitative estimate of drug-likeness (QED) is 0.600. The van der Waals surface area contributed by atoms with E-state index in [9.17, 15) is 5.26 Å². The lowest BCUT2D eigenvalue weighted by Gasteiger charge is -2.38. The highest BCUT2D eigenvalue weighted by atomic mass is 19.1. The zero-order chi connectivity index (χ0) is 22.2. The van der Waals surface area contributed by atoms with Crippen molar-refractivity contribution in [3.8, 4) is 6.07 Å². The number of hydrogen-bond acceptors (Lipinski definition) is 3. The van der Waals surface area contributed by atoms with Crippen LogP contribution in [0.25, 0.3) is 5.57 Å². The molecule has 1 atom stereocenters. The number of anilines is 1. The Balaban J connectivity index is 1.77. The standard InChI is InChI=1S/C27H32FN3/c1-17-12-20-5-4-18(19-8-10-27(2,3)11-9-19)6-7-22(23(20)13-21(17)14-29)24-15-31-16-25(30)26(24)28/h7,12-13,15-16,18-19H,4-6,8-11,30H2,1-3H3/b22-7+. The Hall–Kier alpha value is -2.67. The molecule has 1 saturated carbocycles. The van der Waals surface area contributed by atoms with E-state index in [1.165, 1.54) is 37.4 Å². The van der Waals surface area contributed by atoms with Gasteiger partial charge in [-0.25, -0.2) is 4.39 Å². The smallest absolute Gasteiger partial charge is 0.157 e. The van der Waals surface area contributed by atoms with Gasteiger partial charge in [0, 0.05) is 11.8 Å². The molecule has 162 valence electrons. The van der Waals surface area contributed by atoms with E-state index < -0.39 is 5.82 Å². The topological polar surface area (TPSA) is 62.7 Å². The maximum atomic E-state index is 15.0. The largest absolute Gasteiger partial charge is 0.395 e. The summed E-state index contributed by atoms with van der Waals surface area (Å²) >= 11 is 0. The molecule has 1 aromatic heterocycles. The lowest BCUT2D eigenvalue weighted by molar-refractivity contribution is 0.144. The molecule has 31 heavy (non-hydrogen) atoms. The average molecular weight is 418 g/mol. The number of aryl methyl sites for hydroxylation is 2. The van der Waals surface area contributed by atoms with Gasteiger partial charge in [0.15, 0.2) is 5.82 Å². The van der Waals surface area contributed by atoms with Crippen LogP contribution in [-0.2, 0) is 6.42 Å². The minimum absolute atomic E-state index is 0.0562. The van der Waals surface area contributed by atoms with E-state index in [0.717, 1.165) is 41.9 Å². The summed E-state index contributed by atoms with van der Waals surface area (Å²) in [7, 11) is 0. The van der Waals surface area contributed by atoms with Crippen LogP contribution in [0.4, 0.5) is 10.1 Å². The first-order chi connectivity index (χ1) is 14.8. The van der Waals surface area contributed by atoms with Crippen molar-refractivity contribution >= 4 is 11.3 Å². The van der Waals surface area contributed by atoms with Crippen molar-refractivity contribution < 1.29 is 4.39 Å². The van der Waals surface area contributed by atoms with Crippen LogP contribution in [-0.4, -0.2) is 4.98 Å². The Morgan fingerprint density at radius 2 is 1.84 bits per heavy atom.